The van der Waals surface area contributed by atoms with Crippen molar-refractivity contribution in [1.29, 1.82) is 0 Å². The second-order valence-corrected chi connectivity index (χ2v) is 9.31. The van der Waals surface area contributed by atoms with E-state index in [0.717, 1.165) is 22.4 Å². The maximum atomic E-state index is 12.6. The molecule has 3 aromatic rings. The predicted octanol–water partition coefficient (Wildman–Crippen LogP) is 5.48. The summed E-state index contributed by atoms with van der Waals surface area (Å²) < 4.78 is 27.8. The van der Waals surface area contributed by atoms with Crippen LogP contribution in [0.4, 0.5) is 11.4 Å². The van der Waals surface area contributed by atoms with Gasteiger partial charge in [-0.1, -0.05) is 38.1 Å². The number of para-hydroxylation sites is 1. The van der Waals surface area contributed by atoms with Crippen LogP contribution in [0.5, 0.6) is 0 Å². The lowest BCUT2D eigenvalue weighted by Crippen LogP contribution is -2.15. The van der Waals surface area contributed by atoms with Crippen LogP contribution < -0.4 is 10.0 Å². The van der Waals surface area contributed by atoms with Crippen LogP contribution in [0.1, 0.15) is 46.8 Å². The van der Waals surface area contributed by atoms with Gasteiger partial charge in [0.2, 0.25) is 0 Å². The summed E-state index contributed by atoms with van der Waals surface area (Å²) in [7, 11) is -3.70. The van der Waals surface area contributed by atoms with Crippen LogP contribution in [0.2, 0.25) is 0 Å². The molecule has 1 amide bonds. The Balaban J connectivity index is 1.75. The van der Waals surface area contributed by atoms with Gasteiger partial charge in [-0.2, -0.15) is 0 Å². The molecular formula is C24H26N2O3S. The minimum Gasteiger partial charge on any atom is -0.322 e. The van der Waals surface area contributed by atoms with E-state index in [4.69, 9.17) is 0 Å². The summed E-state index contributed by atoms with van der Waals surface area (Å²) in [5, 5.41) is 2.94. The molecule has 0 heterocycles. The van der Waals surface area contributed by atoms with E-state index in [1.807, 2.05) is 38.1 Å². The SMILES string of the molecule is Cc1ccc(S(=O)(=O)Nc2ccc(C(=O)Nc3ccccc3C(C)C)cc2)cc1C. The highest BCUT2D eigenvalue weighted by Crippen LogP contribution is 2.25. The molecule has 0 saturated carbocycles. The maximum Gasteiger partial charge on any atom is 0.261 e. The molecule has 0 spiro atoms. The van der Waals surface area contributed by atoms with E-state index >= 15 is 0 Å². The van der Waals surface area contributed by atoms with Crippen molar-refractivity contribution < 1.29 is 13.2 Å². The van der Waals surface area contributed by atoms with Gasteiger partial charge in [-0.05, 0) is 78.9 Å². The largest absolute Gasteiger partial charge is 0.322 e. The molecule has 5 nitrogen and oxygen atoms in total. The Hall–Kier alpha value is -3.12. The lowest BCUT2D eigenvalue weighted by atomic mass is 10.0. The number of nitrogens with one attached hydrogen (secondary N) is 2. The van der Waals surface area contributed by atoms with Gasteiger partial charge in [0.1, 0.15) is 0 Å². The summed E-state index contributed by atoms with van der Waals surface area (Å²) in [6, 6.07) is 19.1. The Morgan fingerprint density at radius 1 is 0.867 bits per heavy atom. The van der Waals surface area contributed by atoms with Crippen molar-refractivity contribution in [3.8, 4) is 0 Å². The first-order valence-corrected chi connectivity index (χ1v) is 11.3. The highest BCUT2D eigenvalue weighted by Gasteiger charge is 2.16. The van der Waals surface area contributed by atoms with Crippen LogP contribution in [0, 0.1) is 13.8 Å². The third-order valence-electron chi connectivity index (χ3n) is 5.02. The first kappa shape index (κ1) is 21.6. The highest BCUT2D eigenvalue weighted by atomic mass is 32.2. The van der Waals surface area contributed by atoms with E-state index < -0.39 is 10.0 Å². The molecule has 30 heavy (non-hydrogen) atoms. The van der Waals surface area contributed by atoms with Crippen LogP contribution in [0.3, 0.4) is 0 Å². The Kier molecular flexibility index (Phi) is 6.27. The van der Waals surface area contributed by atoms with E-state index in [9.17, 15) is 13.2 Å². The number of hydrogen-bond acceptors (Lipinski definition) is 3. The van der Waals surface area contributed by atoms with Crippen LogP contribution in [-0.2, 0) is 10.0 Å². The number of carbonyl (C=O) groups excluding carboxylic acids is 1. The summed E-state index contributed by atoms with van der Waals surface area (Å²) in [6.45, 7) is 7.95. The van der Waals surface area contributed by atoms with Crippen LogP contribution in [0.15, 0.2) is 71.6 Å². The van der Waals surface area contributed by atoms with Crippen molar-refractivity contribution in [3.05, 3.63) is 89.0 Å². The molecular weight excluding hydrogens is 396 g/mol. The van der Waals surface area contributed by atoms with Gasteiger partial charge in [0.25, 0.3) is 15.9 Å². The number of anilines is 2. The van der Waals surface area contributed by atoms with Gasteiger partial charge in [0.15, 0.2) is 0 Å². The first-order valence-electron chi connectivity index (χ1n) is 9.78. The number of benzene rings is 3. The van der Waals surface area contributed by atoms with Gasteiger partial charge in [-0.3, -0.25) is 9.52 Å². The van der Waals surface area contributed by atoms with Gasteiger partial charge in [-0.25, -0.2) is 8.42 Å². The van der Waals surface area contributed by atoms with Gasteiger partial charge in [0.05, 0.1) is 4.90 Å². The molecule has 156 valence electrons. The normalized spacial score (nSPS) is 11.4. The minimum absolute atomic E-state index is 0.206. The monoisotopic (exact) mass is 422 g/mol. The molecule has 0 fully saturated rings. The first-order chi connectivity index (χ1) is 14.2. The lowest BCUT2D eigenvalue weighted by molar-refractivity contribution is 0.102. The Morgan fingerprint density at radius 2 is 1.53 bits per heavy atom. The van der Waals surface area contributed by atoms with Gasteiger partial charge < -0.3 is 5.32 Å². The third kappa shape index (κ3) is 4.89. The summed E-state index contributed by atoms with van der Waals surface area (Å²) in [5.74, 6) is 0.0374. The second kappa shape index (κ2) is 8.71. The van der Waals surface area contributed by atoms with Crippen LogP contribution in [-0.4, -0.2) is 14.3 Å². The molecule has 0 saturated heterocycles. The van der Waals surface area contributed by atoms with E-state index in [1.54, 1.807) is 42.5 Å². The van der Waals surface area contributed by atoms with Crippen LogP contribution >= 0.6 is 0 Å². The van der Waals surface area contributed by atoms with Crippen LogP contribution in [0.25, 0.3) is 0 Å². The number of sulfonamides is 1. The van der Waals surface area contributed by atoms with Crippen molar-refractivity contribution >= 4 is 27.3 Å². The fraction of sp³-hybridized carbons (Fsp3) is 0.208. The van der Waals surface area contributed by atoms with Crippen molar-refractivity contribution in [2.75, 3.05) is 10.0 Å². The molecule has 0 radical (unpaired) electrons. The van der Waals surface area contributed by atoms with Crippen molar-refractivity contribution in [3.63, 3.8) is 0 Å². The van der Waals surface area contributed by atoms with Crippen molar-refractivity contribution in [2.24, 2.45) is 0 Å². The second-order valence-electron chi connectivity index (χ2n) is 7.62. The summed E-state index contributed by atoms with van der Waals surface area (Å²) >= 11 is 0. The van der Waals surface area contributed by atoms with Gasteiger partial charge in [0, 0.05) is 16.9 Å². The molecule has 0 bridgehead atoms. The Bertz CT molecular complexity index is 1170. The topological polar surface area (TPSA) is 75.3 Å². The smallest absolute Gasteiger partial charge is 0.261 e. The minimum atomic E-state index is -3.70. The molecule has 0 aliphatic rings. The maximum absolute atomic E-state index is 12.6. The number of carbonyl (C=O) groups is 1. The van der Waals surface area contributed by atoms with Crippen molar-refractivity contribution in [2.45, 2.75) is 38.5 Å². The van der Waals surface area contributed by atoms with E-state index in [1.165, 1.54) is 0 Å². The standard InChI is InChI=1S/C24H26N2O3S/c1-16(2)22-7-5-6-8-23(22)25-24(27)19-10-12-20(13-11-19)26-30(28,29)21-14-9-17(3)18(4)15-21/h5-16,26H,1-4H3,(H,25,27). The van der Waals surface area contributed by atoms with Crippen molar-refractivity contribution in [1.82, 2.24) is 0 Å². The zero-order chi connectivity index (χ0) is 21.9. The Morgan fingerprint density at radius 3 is 2.17 bits per heavy atom. The molecule has 3 aromatic carbocycles. The van der Waals surface area contributed by atoms with Gasteiger partial charge in [-0.15, -0.1) is 0 Å². The molecule has 0 aliphatic carbocycles. The zero-order valence-corrected chi connectivity index (χ0v) is 18.4. The van der Waals surface area contributed by atoms with E-state index in [0.29, 0.717) is 11.3 Å². The fourth-order valence-electron chi connectivity index (χ4n) is 3.09. The summed E-state index contributed by atoms with van der Waals surface area (Å²) in [5.41, 5.74) is 4.62. The summed E-state index contributed by atoms with van der Waals surface area (Å²) in [6.07, 6.45) is 0. The Labute approximate surface area is 178 Å². The number of amides is 1. The van der Waals surface area contributed by atoms with E-state index in [2.05, 4.69) is 23.9 Å². The molecule has 2 N–H and O–H groups in total. The van der Waals surface area contributed by atoms with Gasteiger partial charge >= 0.3 is 0 Å². The average Bonchev–Trinajstić information content (AvgIpc) is 2.70. The quantitative estimate of drug-likeness (QED) is 0.552. The third-order valence-corrected chi connectivity index (χ3v) is 6.40. The number of rotatable bonds is 6. The average molecular weight is 423 g/mol. The molecule has 6 heteroatoms. The molecule has 0 unspecified atom stereocenters. The predicted molar refractivity (Wildman–Crippen MR) is 122 cm³/mol. The number of hydrogen-bond donors (Lipinski definition) is 2. The molecule has 3 rings (SSSR count). The fourth-order valence-corrected chi connectivity index (χ4v) is 4.24. The molecule has 0 aliphatic heterocycles. The molecule has 0 atom stereocenters. The summed E-state index contributed by atoms with van der Waals surface area (Å²) in [4.78, 5) is 12.8. The lowest BCUT2D eigenvalue weighted by Gasteiger charge is -2.14. The molecule has 0 aromatic heterocycles. The zero-order valence-electron chi connectivity index (χ0n) is 17.6. The highest BCUT2D eigenvalue weighted by molar-refractivity contribution is 7.92. The number of aryl methyl sites for hydroxylation is 2. The van der Waals surface area contributed by atoms with E-state index in [-0.39, 0.29) is 16.7 Å².